The molecule has 0 saturated heterocycles. The van der Waals surface area contributed by atoms with E-state index in [0.717, 1.165) is 17.7 Å². The van der Waals surface area contributed by atoms with Crippen molar-refractivity contribution in [3.63, 3.8) is 0 Å². The third kappa shape index (κ3) is 5.52. The number of hydrogen-bond donors (Lipinski definition) is 2. The molecule has 1 aromatic heterocycles. The van der Waals surface area contributed by atoms with Crippen LogP contribution in [-0.2, 0) is 16.6 Å². The van der Waals surface area contributed by atoms with Crippen LogP contribution in [0.4, 0.5) is 0 Å². The molecule has 20 heavy (non-hydrogen) atoms. The topological polar surface area (TPSA) is 58.2 Å². The van der Waals surface area contributed by atoms with Gasteiger partial charge in [0.15, 0.2) is 0 Å². The molecule has 0 fully saturated rings. The molecule has 116 valence electrons. The summed E-state index contributed by atoms with van der Waals surface area (Å²) in [6, 6.07) is 2.14. The number of thiophene rings is 1. The Morgan fingerprint density at radius 3 is 2.55 bits per heavy atom. The van der Waals surface area contributed by atoms with Gasteiger partial charge in [-0.2, -0.15) is 0 Å². The van der Waals surface area contributed by atoms with Gasteiger partial charge < -0.3 is 5.32 Å². The Morgan fingerprint density at radius 2 is 2.00 bits per heavy atom. The van der Waals surface area contributed by atoms with Crippen LogP contribution in [0, 0.1) is 0 Å². The van der Waals surface area contributed by atoms with Crippen molar-refractivity contribution >= 4 is 21.4 Å². The minimum Gasteiger partial charge on any atom is -0.310 e. The van der Waals surface area contributed by atoms with Crippen LogP contribution in [0.5, 0.6) is 0 Å². The zero-order chi connectivity index (χ0) is 15.4. The molecule has 0 aliphatic rings. The van der Waals surface area contributed by atoms with E-state index in [4.69, 9.17) is 0 Å². The molecule has 0 unspecified atom stereocenters. The molecule has 0 spiro atoms. The minimum absolute atomic E-state index is 0.368. The zero-order valence-corrected chi connectivity index (χ0v) is 14.6. The average molecular weight is 319 g/mol. The van der Waals surface area contributed by atoms with Crippen LogP contribution in [0.25, 0.3) is 0 Å². The maximum atomic E-state index is 12.3. The molecule has 0 atom stereocenters. The van der Waals surface area contributed by atoms with Gasteiger partial charge in [-0.3, -0.25) is 0 Å². The van der Waals surface area contributed by atoms with E-state index in [1.807, 2.05) is 13.8 Å². The molecule has 1 heterocycles. The van der Waals surface area contributed by atoms with Crippen molar-refractivity contribution in [2.45, 2.75) is 70.5 Å². The Kier molecular flexibility index (Phi) is 6.19. The fourth-order valence-electron chi connectivity index (χ4n) is 2.00. The lowest BCUT2D eigenvalue weighted by Gasteiger charge is -2.25. The normalized spacial score (nSPS) is 13.1. The molecule has 1 aromatic rings. The molecular weight excluding hydrogens is 292 g/mol. The van der Waals surface area contributed by atoms with Crippen LogP contribution in [0.2, 0.25) is 0 Å². The van der Waals surface area contributed by atoms with E-state index in [9.17, 15) is 8.42 Å². The van der Waals surface area contributed by atoms with E-state index in [2.05, 4.69) is 30.8 Å². The van der Waals surface area contributed by atoms with E-state index in [0.29, 0.717) is 17.5 Å². The summed E-state index contributed by atoms with van der Waals surface area (Å²) in [5, 5.41) is 5.00. The Bertz CT molecular complexity index is 519. The molecule has 1 rings (SSSR count). The van der Waals surface area contributed by atoms with Crippen molar-refractivity contribution < 1.29 is 8.42 Å². The molecule has 0 saturated carbocycles. The first-order chi connectivity index (χ1) is 9.16. The standard InChI is InChI=1S/C14H26N2O2S2/c1-6-7-14(4,5)16-20(17,18)13-8-12(19-10-13)9-15-11(2)3/h8,10-11,15-16H,6-7,9H2,1-5H3. The fraction of sp³-hybridized carbons (Fsp3) is 0.714. The molecule has 0 bridgehead atoms. The molecule has 2 N–H and O–H groups in total. The summed E-state index contributed by atoms with van der Waals surface area (Å²) >= 11 is 1.48. The average Bonchev–Trinajstić information content (AvgIpc) is 2.73. The van der Waals surface area contributed by atoms with Gasteiger partial charge in [-0.05, 0) is 26.3 Å². The van der Waals surface area contributed by atoms with Gasteiger partial charge in [-0.25, -0.2) is 13.1 Å². The largest absolute Gasteiger partial charge is 0.310 e. The summed E-state index contributed by atoms with van der Waals surface area (Å²) in [4.78, 5) is 1.40. The summed E-state index contributed by atoms with van der Waals surface area (Å²) < 4.78 is 27.5. The van der Waals surface area contributed by atoms with E-state index < -0.39 is 15.6 Å². The summed E-state index contributed by atoms with van der Waals surface area (Å²) in [5.74, 6) is 0. The number of sulfonamides is 1. The van der Waals surface area contributed by atoms with Crippen molar-refractivity contribution in [1.82, 2.24) is 10.0 Å². The fourth-order valence-corrected chi connectivity index (χ4v) is 4.67. The van der Waals surface area contributed by atoms with Crippen molar-refractivity contribution in [3.05, 3.63) is 16.3 Å². The lowest BCUT2D eigenvalue weighted by atomic mass is 10.0. The molecule has 4 nitrogen and oxygen atoms in total. The SMILES string of the molecule is CCCC(C)(C)NS(=O)(=O)c1csc(CNC(C)C)c1. The number of rotatable bonds is 8. The summed E-state index contributed by atoms with van der Waals surface area (Å²) in [7, 11) is -3.43. The summed E-state index contributed by atoms with van der Waals surface area (Å²) in [5.41, 5.74) is -0.411. The van der Waals surface area contributed by atoms with Crippen molar-refractivity contribution in [1.29, 1.82) is 0 Å². The van der Waals surface area contributed by atoms with Gasteiger partial charge in [0.25, 0.3) is 0 Å². The Labute approximate surface area is 127 Å². The highest BCUT2D eigenvalue weighted by atomic mass is 32.2. The molecular formula is C14H26N2O2S2. The van der Waals surface area contributed by atoms with Crippen molar-refractivity contribution in [2.75, 3.05) is 0 Å². The highest BCUT2D eigenvalue weighted by Crippen LogP contribution is 2.22. The first kappa shape index (κ1) is 17.6. The predicted octanol–water partition coefficient (Wildman–Crippen LogP) is 3.10. The van der Waals surface area contributed by atoms with E-state index in [1.54, 1.807) is 11.4 Å². The van der Waals surface area contributed by atoms with Gasteiger partial charge >= 0.3 is 0 Å². The second-order valence-corrected chi connectivity index (χ2v) is 8.70. The lowest BCUT2D eigenvalue weighted by molar-refractivity contribution is 0.418. The van der Waals surface area contributed by atoms with Gasteiger partial charge in [0.1, 0.15) is 0 Å². The Balaban J connectivity index is 2.78. The molecule has 0 aliphatic carbocycles. The number of hydrogen-bond acceptors (Lipinski definition) is 4. The van der Waals surface area contributed by atoms with Gasteiger partial charge in [-0.15, -0.1) is 11.3 Å². The minimum atomic E-state index is -3.43. The number of nitrogens with one attached hydrogen (secondary N) is 2. The second-order valence-electron chi connectivity index (χ2n) is 6.02. The highest BCUT2D eigenvalue weighted by molar-refractivity contribution is 7.89. The molecule has 0 aliphatic heterocycles. The highest BCUT2D eigenvalue weighted by Gasteiger charge is 2.26. The van der Waals surface area contributed by atoms with Gasteiger partial charge in [-0.1, -0.05) is 27.2 Å². The second kappa shape index (κ2) is 7.02. The van der Waals surface area contributed by atoms with E-state index >= 15 is 0 Å². The predicted molar refractivity (Wildman–Crippen MR) is 85.6 cm³/mol. The molecule has 6 heteroatoms. The summed E-state index contributed by atoms with van der Waals surface area (Å²) in [6.45, 7) is 10.7. The maximum absolute atomic E-state index is 12.3. The van der Waals surface area contributed by atoms with Gasteiger partial charge in [0.2, 0.25) is 10.0 Å². The van der Waals surface area contributed by atoms with Crippen LogP contribution in [0.3, 0.4) is 0 Å². The zero-order valence-electron chi connectivity index (χ0n) is 13.0. The lowest BCUT2D eigenvalue weighted by Crippen LogP contribution is -2.42. The Morgan fingerprint density at radius 1 is 1.35 bits per heavy atom. The third-order valence-electron chi connectivity index (χ3n) is 2.91. The first-order valence-electron chi connectivity index (χ1n) is 7.01. The van der Waals surface area contributed by atoms with Gasteiger partial charge in [0.05, 0.1) is 4.90 Å². The smallest absolute Gasteiger partial charge is 0.241 e. The van der Waals surface area contributed by atoms with Crippen LogP contribution in [0.15, 0.2) is 16.3 Å². The van der Waals surface area contributed by atoms with Crippen LogP contribution >= 0.6 is 11.3 Å². The van der Waals surface area contributed by atoms with Crippen molar-refractivity contribution in [2.24, 2.45) is 0 Å². The van der Waals surface area contributed by atoms with E-state index in [1.165, 1.54) is 11.3 Å². The molecule has 0 radical (unpaired) electrons. The molecule has 0 aromatic carbocycles. The van der Waals surface area contributed by atoms with Gasteiger partial charge in [0, 0.05) is 28.4 Å². The maximum Gasteiger partial charge on any atom is 0.241 e. The first-order valence-corrected chi connectivity index (χ1v) is 9.37. The third-order valence-corrected chi connectivity index (χ3v) is 5.67. The monoisotopic (exact) mass is 318 g/mol. The quantitative estimate of drug-likeness (QED) is 0.774. The van der Waals surface area contributed by atoms with Crippen LogP contribution in [0.1, 0.15) is 52.3 Å². The molecule has 0 amide bonds. The van der Waals surface area contributed by atoms with E-state index in [-0.39, 0.29) is 0 Å². The Hall–Kier alpha value is -0.430. The van der Waals surface area contributed by atoms with Crippen LogP contribution in [-0.4, -0.2) is 20.0 Å². The van der Waals surface area contributed by atoms with Crippen molar-refractivity contribution in [3.8, 4) is 0 Å². The van der Waals surface area contributed by atoms with Crippen LogP contribution < -0.4 is 10.0 Å². The summed E-state index contributed by atoms with van der Waals surface area (Å²) in [6.07, 6.45) is 1.76.